The average molecular weight is 350 g/mol. The zero-order valence-electron chi connectivity index (χ0n) is 13.2. The highest BCUT2D eigenvalue weighted by molar-refractivity contribution is 6.30. The van der Waals surface area contributed by atoms with Gasteiger partial charge in [0.05, 0.1) is 0 Å². The van der Waals surface area contributed by atoms with E-state index in [9.17, 15) is 18.4 Å². The molecule has 0 spiro atoms. The molecule has 0 bridgehead atoms. The molecule has 0 radical (unpaired) electrons. The summed E-state index contributed by atoms with van der Waals surface area (Å²) in [6.07, 6.45) is -0.356. The quantitative estimate of drug-likeness (QED) is 0.752. The molecule has 1 aromatic rings. The number of likely N-dealkylation sites (N-methyl/N-ethyl adjacent to an activating group) is 1. The van der Waals surface area contributed by atoms with Gasteiger partial charge in [0, 0.05) is 17.6 Å². The third-order valence-electron chi connectivity index (χ3n) is 2.73. The first kappa shape index (κ1) is 19.2. The van der Waals surface area contributed by atoms with Crippen molar-refractivity contribution in [3.8, 4) is 5.75 Å². The minimum Gasteiger partial charge on any atom is -0.444 e. The van der Waals surface area contributed by atoms with Gasteiger partial charge in [0.2, 0.25) is 0 Å². The number of carbonyl (C=O) groups excluding carboxylic acids is 2. The van der Waals surface area contributed by atoms with Crippen LogP contribution in [-0.4, -0.2) is 36.5 Å². The second kappa shape index (κ2) is 7.59. The lowest BCUT2D eigenvalue weighted by Crippen LogP contribution is -2.37. The molecule has 0 saturated carbocycles. The summed E-state index contributed by atoms with van der Waals surface area (Å²) in [4.78, 5) is 24.5. The van der Waals surface area contributed by atoms with Gasteiger partial charge >= 0.3 is 12.7 Å². The minimum atomic E-state index is -3.07. The van der Waals surface area contributed by atoms with Crippen LogP contribution in [-0.2, 0) is 9.53 Å². The summed E-state index contributed by atoms with van der Waals surface area (Å²) < 4.78 is 34.5. The standard InChI is InChI=1S/C15H18ClF2NO4/c1-15(2,3)23-14(21)19(4)11(8-20)10-7-9(16)5-6-12(10)22-13(17)18/h5-8,11,13H,1-4H3. The Balaban J connectivity index is 3.16. The molecule has 0 aromatic heterocycles. The van der Waals surface area contributed by atoms with Crippen LogP contribution in [0.25, 0.3) is 0 Å². The van der Waals surface area contributed by atoms with E-state index in [1.54, 1.807) is 20.8 Å². The first-order valence-electron chi connectivity index (χ1n) is 6.70. The van der Waals surface area contributed by atoms with Crippen LogP contribution in [0.1, 0.15) is 32.4 Å². The number of hydrogen-bond donors (Lipinski definition) is 0. The van der Waals surface area contributed by atoms with Crippen molar-refractivity contribution in [2.75, 3.05) is 7.05 Å². The summed E-state index contributed by atoms with van der Waals surface area (Å²) in [6.45, 7) is 1.92. The molecule has 0 heterocycles. The van der Waals surface area contributed by atoms with Gasteiger partial charge in [-0.2, -0.15) is 8.78 Å². The van der Waals surface area contributed by atoms with Crippen molar-refractivity contribution < 1.29 is 27.8 Å². The Morgan fingerprint density at radius 2 is 1.96 bits per heavy atom. The smallest absolute Gasteiger partial charge is 0.410 e. The van der Waals surface area contributed by atoms with Crippen molar-refractivity contribution >= 4 is 24.0 Å². The van der Waals surface area contributed by atoms with Gasteiger partial charge in [-0.05, 0) is 39.0 Å². The molecule has 23 heavy (non-hydrogen) atoms. The van der Waals surface area contributed by atoms with Gasteiger partial charge in [0.1, 0.15) is 23.7 Å². The fourth-order valence-corrected chi connectivity index (χ4v) is 1.96. The first-order valence-corrected chi connectivity index (χ1v) is 7.08. The molecule has 0 saturated heterocycles. The summed E-state index contributed by atoms with van der Waals surface area (Å²) in [5, 5.41) is 0.214. The van der Waals surface area contributed by atoms with E-state index >= 15 is 0 Å². The van der Waals surface area contributed by atoms with Gasteiger partial charge in [-0.25, -0.2) is 4.79 Å². The molecule has 0 aliphatic heterocycles. The number of ether oxygens (including phenoxy) is 2. The van der Waals surface area contributed by atoms with Gasteiger partial charge in [0.25, 0.3) is 0 Å². The van der Waals surface area contributed by atoms with Crippen molar-refractivity contribution in [2.45, 2.75) is 39.0 Å². The molecule has 0 N–H and O–H groups in total. The van der Waals surface area contributed by atoms with Crippen LogP contribution in [0.2, 0.25) is 5.02 Å². The fraction of sp³-hybridized carbons (Fsp3) is 0.467. The van der Waals surface area contributed by atoms with Crippen molar-refractivity contribution in [2.24, 2.45) is 0 Å². The van der Waals surface area contributed by atoms with E-state index in [4.69, 9.17) is 16.3 Å². The number of hydrogen-bond acceptors (Lipinski definition) is 4. The van der Waals surface area contributed by atoms with E-state index in [-0.39, 0.29) is 16.3 Å². The van der Waals surface area contributed by atoms with Crippen molar-refractivity contribution in [1.82, 2.24) is 4.90 Å². The maximum absolute atomic E-state index is 12.5. The molecule has 1 atom stereocenters. The van der Waals surface area contributed by atoms with E-state index in [0.29, 0.717) is 6.29 Å². The average Bonchev–Trinajstić information content (AvgIpc) is 2.40. The first-order chi connectivity index (χ1) is 10.5. The number of rotatable bonds is 5. The topological polar surface area (TPSA) is 55.8 Å². The molecule has 0 aliphatic carbocycles. The van der Waals surface area contributed by atoms with E-state index in [1.165, 1.54) is 25.2 Å². The highest BCUT2D eigenvalue weighted by atomic mass is 35.5. The zero-order chi connectivity index (χ0) is 17.8. The van der Waals surface area contributed by atoms with E-state index < -0.39 is 24.3 Å². The molecule has 128 valence electrons. The molecule has 0 aliphatic rings. The number of nitrogens with zero attached hydrogens (tertiary/aromatic N) is 1. The van der Waals surface area contributed by atoms with Gasteiger partial charge in [-0.1, -0.05) is 11.6 Å². The molecular formula is C15H18ClF2NO4. The lowest BCUT2D eigenvalue weighted by Gasteiger charge is -2.29. The van der Waals surface area contributed by atoms with Crippen LogP contribution in [0.5, 0.6) is 5.75 Å². The Labute approximate surface area is 138 Å². The SMILES string of the molecule is CN(C(=O)OC(C)(C)C)C(C=O)c1cc(Cl)ccc1OC(F)F. The number of halogens is 3. The van der Waals surface area contributed by atoms with Gasteiger partial charge in [0.15, 0.2) is 0 Å². The van der Waals surface area contributed by atoms with Crippen LogP contribution in [0.4, 0.5) is 13.6 Å². The maximum atomic E-state index is 12.5. The Bertz CT molecular complexity index is 575. The monoisotopic (exact) mass is 349 g/mol. The molecule has 1 amide bonds. The number of carbonyl (C=O) groups is 2. The number of alkyl halides is 2. The van der Waals surface area contributed by atoms with Gasteiger partial charge in [-0.15, -0.1) is 0 Å². The Hall–Kier alpha value is -1.89. The maximum Gasteiger partial charge on any atom is 0.410 e. The van der Waals surface area contributed by atoms with Gasteiger partial charge in [-0.3, -0.25) is 4.90 Å². The van der Waals surface area contributed by atoms with E-state index in [0.717, 1.165) is 4.90 Å². The predicted molar refractivity (Wildman–Crippen MR) is 80.9 cm³/mol. The van der Waals surface area contributed by atoms with E-state index in [1.807, 2.05) is 0 Å². The van der Waals surface area contributed by atoms with Crippen LogP contribution in [0, 0.1) is 0 Å². The predicted octanol–water partition coefficient (Wildman–Crippen LogP) is 4.05. The number of amides is 1. The Morgan fingerprint density at radius 3 is 2.43 bits per heavy atom. The molecule has 0 fully saturated rings. The highest BCUT2D eigenvalue weighted by Gasteiger charge is 2.29. The van der Waals surface area contributed by atoms with Crippen molar-refractivity contribution in [3.05, 3.63) is 28.8 Å². The second-order valence-corrected chi connectivity index (χ2v) is 6.17. The summed E-state index contributed by atoms with van der Waals surface area (Å²) in [7, 11) is 1.32. The third kappa shape index (κ3) is 5.67. The Morgan fingerprint density at radius 1 is 1.35 bits per heavy atom. The summed E-state index contributed by atoms with van der Waals surface area (Å²) >= 11 is 5.85. The highest BCUT2D eigenvalue weighted by Crippen LogP contribution is 2.32. The largest absolute Gasteiger partial charge is 0.444 e. The Kier molecular flexibility index (Phi) is 6.32. The number of benzene rings is 1. The molecule has 1 unspecified atom stereocenters. The second-order valence-electron chi connectivity index (χ2n) is 5.73. The minimum absolute atomic E-state index is 0.0427. The van der Waals surface area contributed by atoms with Crippen LogP contribution >= 0.6 is 11.6 Å². The summed E-state index contributed by atoms with van der Waals surface area (Å²) in [6, 6.07) is 2.66. The van der Waals surface area contributed by atoms with E-state index in [2.05, 4.69) is 4.74 Å². The molecule has 1 rings (SSSR count). The molecular weight excluding hydrogens is 332 g/mol. The van der Waals surface area contributed by atoms with Crippen LogP contribution in [0.15, 0.2) is 18.2 Å². The van der Waals surface area contributed by atoms with Crippen molar-refractivity contribution in [1.29, 1.82) is 0 Å². The summed E-state index contributed by atoms with van der Waals surface area (Å²) in [5.74, 6) is -0.239. The molecule has 5 nitrogen and oxygen atoms in total. The van der Waals surface area contributed by atoms with Crippen LogP contribution in [0.3, 0.4) is 0 Å². The van der Waals surface area contributed by atoms with Crippen molar-refractivity contribution in [3.63, 3.8) is 0 Å². The third-order valence-corrected chi connectivity index (χ3v) is 2.97. The normalized spacial score (nSPS) is 12.7. The molecule has 1 aromatic carbocycles. The van der Waals surface area contributed by atoms with Crippen LogP contribution < -0.4 is 4.74 Å². The zero-order valence-corrected chi connectivity index (χ0v) is 13.9. The lowest BCUT2D eigenvalue weighted by molar-refractivity contribution is -0.112. The van der Waals surface area contributed by atoms with Gasteiger partial charge < -0.3 is 14.3 Å². The lowest BCUT2D eigenvalue weighted by atomic mass is 10.1. The molecule has 8 heteroatoms. The summed E-state index contributed by atoms with van der Waals surface area (Å²) in [5.41, 5.74) is -0.726. The fourth-order valence-electron chi connectivity index (χ4n) is 1.77. The number of aldehydes is 1.